The fraction of sp³-hybridized carbons (Fsp3) is 0.467. The molecular weight excluding hydrogens is 256 g/mol. The molecule has 20 heavy (non-hydrogen) atoms. The second kappa shape index (κ2) is 6.52. The molecule has 0 saturated heterocycles. The van der Waals surface area contributed by atoms with Crippen LogP contribution in [0.15, 0.2) is 24.3 Å². The van der Waals surface area contributed by atoms with Gasteiger partial charge in [-0.3, -0.25) is 14.9 Å². The SMILES string of the molecule is CCCC(NCC(=O)N1CCc2ccccc21)C(=O)O. The monoisotopic (exact) mass is 276 g/mol. The molecule has 1 atom stereocenters. The van der Waals surface area contributed by atoms with Crippen molar-refractivity contribution in [1.82, 2.24) is 5.32 Å². The Morgan fingerprint density at radius 2 is 2.15 bits per heavy atom. The van der Waals surface area contributed by atoms with Crippen LogP contribution >= 0.6 is 0 Å². The molecule has 108 valence electrons. The molecule has 1 aromatic carbocycles. The first-order valence-electron chi connectivity index (χ1n) is 6.98. The fourth-order valence-electron chi connectivity index (χ4n) is 2.50. The number of hydrogen-bond donors (Lipinski definition) is 2. The van der Waals surface area contributed by atoms with E-state index in [1.807, 2.05) is 31.2 Å². The number of para-hydroxylation sites is 1. The highest BCUT2D eigenvalue weighted by molar-refractivity contribution is 5.97. The molecule has 2 rings (SSSR count). The van der Waals surface area contributed by atoms with Gasteiger partial charge in [0.15, 0.2) is 0 Å². The lowest BCUT2D eigenvalue weighted by Crippen LogP contribution is -2.44. The third-order valence-corrected chi connectivity index (χ3v) is 3.56. The summed E-state index contributed by atoms with van der Waals surface area (Å²) in [7, 11) is 0. The van der Waals surface area contributed by atoms with Crippen molar-refractivity contribution < 1.29 is 14.7 Å². The summed E-state index contributed by atoms with van der Waals surface area (Å²) in [6.45, 7) is 2.66. The van der Waals surface area contributed by atoms with Gasteiger partial charge in [0.1, 0.15) is 6.04 Å². The number of nitrogens with zero attached hydrogens (tertiary/aromatic N) is 1. The topological polar surface area (TPSA) is 69.6 Å². The van der Waals surface area contributed by atoms with E-state index in [2.05, 4.69) is 5.32 Å². The van der Waals surface area contributed by atoms with Crippen molar-refractivity contribution in [2.45, 2.75) is 32.2 Å². The number of hydrogen-bond acceptors (Lipinski definition) is 3. The molecule has 0 radical (unpaired) electrons. The third kappa shape index (κ3) is 3.17. The molecule has 5 nitrogen and oxygen atoms in total. The molecule has 0 fully saturated rings. The summed E-state index contributed by atoms with van der Waals surface area (Å²) in [4.78, 5) is 25.0. The Balaban J connectivity index is 1.95. The first-order chi connectivity index (χ1) is 9.63. The van der Waals surface area contributed by atoms with E-state index in [-0.39, 0.29) is 12.5 Å². The van der Waals surface area contributed by atoms with E-state index in [4.69, 9.17) is 5.11 Å². The number of fused-ring (bicyclic) bond motifs is 1. The maximum Gasteiger partial charge on any atom is 0.320 e. The lowest BCUT2D eigenvalue weighted by Gasteiger charge is -2.19. The first-order valence-corrected chi connectivity index (χ1v) is 6.98. The van der Waals surface area contributed by atoms with Crippen molar-refractivity contribution in [3.05, 3.63) is 29.8 Å². The molecule has 1 aromatic rings. The fourth-order valence-corrected chi connectivity index (χ4v) is 2.50. The molecule has 1 unspecified atom stereocenters. The smallest absolute Gasteiger partial charge is 0.320 e. The Labute approximate surface area is 118 Å². The van der Waals surface area contributed by atoms with E-state index >= 15 is 0 Å². The third-order valence-electron chi connectivity index (χ3n) is 3.56. The van der Waals surface area contributed by atoms with Crippen molar-refractivity contribution in [2.75, 3.05) is 18.0 Å². The Morgan fingerprint density at radius 1 is 1.40 bits per heavy atom. The normalized spacial score (nSPS) is 14.9. The van der Waals surface area contributed by atoms with Gasteiger partial charge in [-0.1, -0.05) is 31.5 Å². The molecule has 0 saturated carbocycles. The lowest BCUT2D eigenvalue weighted by atomic mass is 10.1. The lowest BCUT2D eigenvalue weighted by molar-refractivity contribution is -0.139. The summed E-state index contributed by atoms with van der Waals surface area (Å²) in [6.07, 6.45) is 2.16. The van der Waals surface area contributed by atoms with Gasteiger partial charge in [-0.25, -0.2) is 0 Å². The minimum Gasteiger partial charge on any atom is -0.480 e. The zero-order valence-corrected chi connectivity index (χ0v) is 11.6. The van der Waals surface area contributed by atoms with Crippen LogP contribution in [0.5, 0.6) is 0 Å². The number of amides is 1. The number of carboxylic acids is 1. The van der Waals surface area contributed by atoms with Gasteiger partial charge in [0.05, 0.1) is 6.54 Å². The van der Waals surface area contributed by atoms with Crippen LogP contribution < -0.4 is 10.2 Å². The molecule has 0 spiro atoms. The molecule has 1 heterocycles. The molecule has 0 aliphatic carbocycles. The van der Waals surface area contributed by atoms with Gasteiger partial charge < -0.3 is 10.0 Å². The number of nitrogens with one attached hydrogen (secondary N) is 1. The number of rotatable bonds is 6. The van der Waals surface area contributed by atoms with E-state index < -0.39 is 12.0 Å². The molecule has 5 heteroatoms. The summed E-state index contributed by atoms with van der Waals surface area (Å²) in [5.41, 5.74) is 2.12. The average molecular weight is 276 g/mol. The van der Waals surface area contributed by atoms with Crippen LogP contribution in [0.1, 0.15) is 25.3 Å². The van der Waals surface area contributed by atoms with Crippen LogP contribution in [0.2, 0.25) is 0 Å². The van der Waals surface area contributed by atoms with Gasteiger partial charge in [-0.15, -0.1) is 0 Å². The Kier molecular flexibility index (Phi) is 4.74. The predicted octanol–water partition coefficient (Wildman–Crippen LogP) is 1.42. The highest BCUT2D eigenvalue weighted by atomic mass is 16.4. The molecule has 1 aliphatic rings. The van der Waals surface area contributed by atoms with Gasteiger partial charge >= 0.3 is 5.97 Å². The van der Waals surface area contributed by atoms with Crippen molar-refractivity contribution in [2.24, 2.45) is 0 Å². The molecule has 1 amide bonds. The first kappa shape index (κ1) is 14.5. The minimum absolute atomic E-state index is 0.0608. The highest BCUT2D eigenvalue weighted by Crippen LogP contribution is 2.27. The number of carbonyl (C=O) groups excluding carboxylic acids is 1. The maximum atomic E-state index is 12.2. The van der Waals surface area contributed by atoms with Gasteiger partial charge in [0.2, 0.25) is 5.91 Å². The Bertz CT molecular complexity index is 502. The zero-order valence-electron chi connectivity index (χ0n) is 11.6. The second-order valence-electron chi connectivity index (χ2n) is 4.98. The summed E-state index contributed by atoms with van der Waals surface area (Å²) in [5, 5.41) is 11.9. The Hall–Kier alpha value is -1.88. The van der Waals surface area contributed by atoms with E-state index in [1.165, 1.54) is 5.56 Å². The summed E-state index contributed by atoms with van der Waals surface area (Å²) >= 11 is 0. The quantitative estimate of drug-likeness (QED) is 0.824. The predicted molar refractivity (Wildman–Crippen MR) is 76.8 cm³/mol. The van der Waals surface area contributed by atoms with Crippen molar-refractivity contribution in [1.29, 1.82) is 0 Å². The van der Waals surface area contributed by atoms with Crippen molar-refractivity contribution in [3.63, 3.8) is 0 Å². The van der Waals surface area contributed by atoms with Gasteiger partial charge in [-0.2, -0.15) is 0 Å². The maximum absolute atomic E-state index is 12.2. The van der Waals surface area contributed by atoms with Gasteiger partial charge in [-0.05, 0) is 24.5 Å². The van der Waals surface area contributed by atoms with E-state index in [9.17, 15) is 9.59 Å². The van der Waals surface area contributed by atoms with Crippen LogP contribution in [0, 0.1) is 0 Å². The number of anilines is 1. The largest absolute Gasteiger partial charge is 0.480 e. The number of carbonyl (C=O) groups is 2. The molecular formula is C15H20N2O3. The van der Waals surface area contributed by atoms with Crippen LogP contribution in [-0.4, -0.2) is 36.1 Å². The second-order valence-corrected chi connectivity index (χ2v) is 4.98. The van der Waals surface area contributed by atoms with Crippen LogP contribution in [0.4, 0.5) is 5.69 Å². The van der Waals surface area contributed by atoms with Crippen molar-refractivity contribution in [3.8, 4) is 0 Å². The highest BCUT2D eigenvalue weighted by Gasteiger charge is 2.25. The molecule has 1 aliphatic heterocycles. The number of carboxylic acid groups (broad SMARTS) is 1. The van der Waals surface area contributed by atoms with Crippen LogP contribution in [0.25, 0.3) is 0 Å². The van der Waals surface area contributed by atoms with E-state index in [0.717, 1.165) is 18.5 Å². The summed E-state index contributed by atoms with van der Waals surface area (Å²) < 4.78 is 0. The van der Waals surface area contributed by atoms with Gasteiger partial charge in [0, 0.05) is 12.2 Å². The van der Waals surface area contributed by atoms with Crippen LogP contribution in [-0.2, 0) is 16.0 Å². The van der Waals surface area contributed by atoms with E-state index in [1.54, 1.807) is 4.90 Å². The molecule has 0 aromatic heterocycles. The summed E-state index contributed by atoms with van der Waals surface area (Å²) in [5.74, 6) is -0.973. The van der Waals surface area contributed by atoms with E-state index in [0.29, 0.717) is 13.0 Å². The zero-order chi connectivity index (χ0) is 14.5. The average Bonchev–Trinajstić information content (AvgIpc) is 2.86. The minimum atomic E-state index is -0.901. The molecule has 2 N–H and O–H groups in total. The van der Waals surface area contributed by atoms with Gasteiger partial charge in [0.25, 0.3) is 0 Å². The van der Waals surface area contributed by atoms with Crippen LogP contribution in [0.3, 0.4) is 0 Å². The Morgan fingerprint density at radius 3 is 2.85 bits per heavy atom. The number of aliphatic carboxylic acids is 1. The molecule has 0 bridgehead atoms. The summed E-state index contributed by atoms with van der Waals surface area (Å²) in [6, 6.07) is 7.18. The van der Waals surface area contributed by atoms with Crippen molar-refractivity contribution >= 4 is 17.6 Å². The standard InChI is InChI=1S/C15H20N2O3/c1-2-5-12(15(19)20)16-10-14(18)17-9-8-11-6-3-4-7-13(11)17/h3-4,6-7,12,16H,2,5,8-10H2,1H3,(H,19,20). The number of benzene rings is 1.